The molecule has 1 unspecified atom stereocenters. The third-order valence-electron chi connectivity index (χ3n) is 2.13. The predicted molar refractivity (Wildman–Crippen MR) is 65.0 cm³/mol. The molecule has 0 aromatic heterocycles. The summed E-state index contributed by atoms with van der Waals surface area (Å²) < 4.78 is 17.6. The van der Waals surface area contributed by atoms with E-state index in [2.05, 4.69) is 4.74 Å². The van der Waals surface area contributed by atoms with E-state index >= 15 is 0 Å². The predicted octanol–water partition coefficient (Wildman–Crippen LogP) is 2.78. The molecule has 0 aliphatic carbocycles. The van der Waals surface area contributed by atoms with Gasteiger partial charge in [-0.3, -0.25) is 14.9 Å². The van der Waals surface area contributed by atoms with E-state index in [9.17, 15) is 19.3 Å². The molecule has 0 heterocycles. The number of nitro groups is 1. The standard InChI is InChI=1S/C11H12FNO4S/c1-7(5-11(14)17-2)18-10-6-8(12)3-4-9(10)13(15)16/h3-4,6-7H,5H2,1-2H3. The number of methoxy groups -OCH3 is 1. The summed E-state index contributed by atoms with van der Waals surface area (Å²) in [6.07, 6.45) is 0.106. The fraction of sp³-hybridized carbons (Fsp3) is 0.364. The Morgan fingerprint density at radius 3 is 2.83 bits per heavy atom. The van der Waals surface area contributed by atoms with E-state index in [-0.39, 0.29) is 22.3 Å². The molecule has 0 amide bonds. The Morgan fingerprint density at radius 1 is 1.61 bits per heavy atom. The van der Waals surface area contributed by atoms with Gasteiger partial charge in [0.25, 0.3) is 5.69 Å². The van der Waals surface area contributed by atoms with Crippen LogP contribution in [0.3, 0.4) is 0 Å². The molecule has 5 nitrogen and oxygen atoms in total. The van der Waals surface area contributed by atoms with Gasteiger partial charge in [0.1, 0.15) is 5.82 Å². The molecule has 1 atom stereocenters. The summed E-state index contributed by atoms with van der Waals surface area (Å²) in [5.41, 5.74) is -0.168. The molecule has 7 heteroatoms. The molecule has 0 saturated carbocycles. The maximum absolute atomic E-state index is 13.1. The molecule has 0 aliphatic heterocycles. The number of carbonyl (C=O) groups excluding carboxylic acids is 1. The van der Waals surface area contributed by atoms with Gasteiger partial charge in [0.2, 0.25) is 0 Å². The maximum atomic E-state index is 13.1. The summed E-state index contributed by atoms with van der Waals surface area (Å²) in [7, 11) is 1.27. The Kier molecular flexibility index (Phi) is 5.08. The number of carbonyl (C=O) groups is 1. The fourth-order valence-corrected chi connectivity index (χ4v) is 2.41. The second kappa shape index (κ2) is 6.34. The summed E-state index contributed by atoms with van der Waals surface area (Å²) in [4.78, 5) is 21.5. The highest BCUT2D eigenvalue weighted by molar-refractivity contribution is 8.00. The minimum atomic E-state index is -0.577. The number of ether oxygens (including phenoxy) is 1. The van der Waals surface area contributed by atoms with Gasteiger partial charge < -0.3 is 4.74 Å². The first-order valence-electron chi connectivity index (χ1n) is 5.11. The normalized spacial score (nSPS) is 11.9. The van der Waals surface area contributed by atoms with Gasteiger partial charge in [-0.1, -0.05) is 6.92 Å². The lowest BCUT2D eigenvalue weighted by Gasteiger charge is -2.09. The summed E-state index contributed by atoms with van der Waals surface area (Å²) in [6, 6.07) is 3.24. The van der Waals surface area contributed by atoms with Crippen molar-refractivity contribution >= 4 is 23.4 Å². The molecule has 1 aromatic carbocycles. The number of rotatable bonds is 5. The highest BCUT2D eigenvalue weighted by Gasteiger charge is 2.19. The molecule has 0 radical (unpaired) electrons. The molecule has 0 N–H and O–H groups in total. The lowest BCUT2D eigenvalue weighted by Crippen LogP contribution is -2.08. The molecule has 0 bridgehead atoms. The first-order chi connectivity index (χ1) is 8.43. The molecule has 18 heavy (non-hydrogen) atoms. The van der Waals surface area contributed by atoms with E-state index in [1.165, 1.54) is 7.11 Å². The SMILES string of the molecule is COC(=O)CC(C)Sc1cc(F)ccc1[N+](=O)[O-]. The first-order valence-corrected chi connectivity index (χ1v) is 5.99. The molecule has 0 fully saturated rings. The van der Waals surface area contributed by atoms with Crippen molar-refractivity contribution in [3.05, 3.63) is 34.1 Å². The molecule has 0 spiro atoms. The Bertz CT molecular complexity index is 466. The molecule has 0 saturated heterocycles. The van der Waals surface area contributed by atoms with E-state index in [4.69, 9.17) is 0 Å². The van der Waals surface area contributed by atoms with Crippen LogP contribution >= 0.6 is 11.8 Å². The number of benzene rings is 1. The van der Waals surface area contributed by atoms with E-state index < -0.39 is 16.7 Å². The van der Waals surface area contributed by atoms with Crippen LogP contribution in [0.4, 0.5) is 10.1 Å². The largest absolute Gasteiger partial charge is 0.469 e. The van der Waals surface area contributed by atoms with E-state index in [1.807, 2.05) is 0 Å². The van der Waals surface area contributed by atoms with Crippen LogP contribution in [0.15, 0.2) is 23.1 Å². The Morgan fingerprint density at radius 2 is 2.28 bits per heavy atom. The van der Waals surface area contributed by atoms with Crippen molar-refractivity contribution < 1.29 is 18.8 Å². The van der Waals surface area contributed by atoms with Crippen LogP contribution in [0.25, 0.3) is 0 Å². The molecular formula is C11H12FNO4S. The zero-order chi connectivity index (χ0) is 13.7. The van der Waals surface area contributed by atoms with E-state index in [1.54, 1.807) is 6.92 Å². The highest BCUT2D eigenvalue weighted by Crippen LogP contribution is 2.33. The number of nitro benzene ring substituents is 1. The maximum Gasteiger partial charge on any atom is 0.306 e. The van der Waals surface area contributed by atoms with Crippen LogP contribution in [-0.2, 0) is 9.53 Å². The van der Waals surface area contributed by atoms with Crippen LogP contribution in [0.5, 0.6) is 0 Å². The van der Waals surface area contributed by atoms with Crippen LogP contribution in [0.1, 0.15) is 13.3 Å². The van der Waals surface area contributed by atoms with Crippen molar-refractivity contribution in [2.24, 2.45) is 0 Å². The topological polar surface area (TPSA) is 69.4 Å². The van der Waals surface area contributed by atoms with E-state index in [0.717, 1.165) is 30.0 Å². The fourth-order valence-electron chi connectivity index (χ4n) is 1.31. The lowest BCUT2D eigenvalue weighted by atomic mass is 10.3. The zero-order valence-corrected chi connectivity index (χ0v) is 10.7. The number of hydrogen-bond donors (Lipinski definition) is 0. The van der Waals surface area contributed by atoms with Crippen molar-refractivity contribution in [1.29, 1.82) is 0 Å². The van der Waals surface area contributed by atoms with Gasteiger partial charge in [0.15, 0.2) is 0 Å². The van der Waals surface area contributed by atoms with Crippen molar-refractivity contribution in [3.8, 4) is 0 Å². The quantitative estimate of drug-likeness (QED) is 0.357. The summed E-state index contributed by atoms with van der Waals surface area (Å²) >= 11 is 1.07. The molecule has 1 aromatic rings. The van der Waals surface area contributed by atoms with Crippen LogP contribution < -0.4 is 0 Å². The third-order valence-corrected chi connectivity index (χ3v) is 3.28. The summed E-state index contributed by atoms with van der Waals surface area (Å²) in [5.74, 6) is -0.956. The second-order valence-electron chi connectivity index (χ2n) is 3.58. The number of hydrogen-bond acceptors (Lipinski definition) is 5. The van der Waals surface area contributed by atoms with Gasteiger partial charge in [0, 0.05) is 11.3 Å². The smallest absolute Gasteiger partial charge is 0.306 e. The van der Waals surface area contributed by atoms with Gasteiger partial charge in [-0.15, -0.1) is 11.8 Å². The van der Waals surface area contributed by atoms with Gasteiger partial charge in [-0.05, 0) is 12.1 Å². The molecule has 98 valence electrons. The molecular weight excluding hydrogens is 261 g/mol. The van der Waals surface area contributed by atoms with Crippen molar-refractivity contribution in [1.82, 2.24) is 0 Å². The van der Waals surface area contributed by atoms with Gasteiger partial charge in [-0.25, -0.2) is 4.39 Å². The van der Waals surface area contributed by atoms with Crippen molar-refractivity contribution in [2.75, 3.05) is 7.11 Å². The number of halogens is 1. The van der Waals surface area contributed by atoms with Crippen molar-refractivity contribution in [2.45, 2.75) is 23.5 Å². The Hall–Kier alpha value is -1.63. The third kappa shape index (κ3) is 3.99. The lowest BCUT2D eigenvalue weighted by molar-refractivity contribution is -0.387. The number of nitrogens with zero attached hydrogens (tertiary/aromatic N) is 1. The highest BCUT2D eigenvalue weighted by atomic mass is 32.2. The second-order valence-corrected chi connectivity index (χ2v) is 5.06. The minimum absolute atomic E-state index is 0.106. The molecule has 1 rings (SSSR count). The van der Waals surface area contributed by atoms with Gasteiger partial charge in [-0.2, -0.15) is 0 Å². The average molecular weight is 273 g/mol. The average Bonchev–Trinajstić information content (AvgIpc) is 2.28. The number of esters is 1. The van der Waals surface area contributed by atoms with Gasteiger partial charge >= 0.3 is 5.97 Å². The van der Waals surface area contributed by atoms with Gasteiger partial charge in [0.05, 0.1) is 23.3 Å². The van der Waals surface area contributed by atoms with Crippen LogP contribution in [-0.4, -0.2) is 23.3 Å². The Labute approximate surface area is 107 Å². The van der Waals surface area contributed by atoms with Crippen molar-refractivity contribution in [3.63, 3.8) is 0 Å². The Balaban J connectivity index is 2.85. The molecule has 0 aliphatic rings. The summed E-state index contributed by atoms with van der Waals surface area (Å²) in [6.45, 7) is 1.72. The number of thioether (sulfide) groups is 1. The minimum Gasteiger partial charge on any atom is -0.469 e. The first kappa shape index (κ1) is 14.4. The zero-order valence-electron chi connectivity index (χ0n) is 9.88. The van der Waals surface area contributed by atoms with E-state index in [0.29, 0.717) is 0 Å². The van der Waals surface area contributed by atoms with Crippen LogP contribution in [0, 0.1) is 15.9 Å². The monoisotopic (exact) mass is 273 g/mol. The summed E-state index contributed by atoms with van der Waals surface area (Å²) in [5, 5.41) is 10.5. The van der Waals surface area contributed by atoms with Crippen LogP contribution in [0.2, 0.25) is 0 Å².